The molecule has 0 nitrogen and oxygen atoms in total. The van der Waals surface area contributed by atoms with Crippen LogP contribution in [0.15, 0.2) is 118 Å². The van der Waals surface area contributed by atoms with Crippen molar-refractivity contribution in [1.82, 2.24) is 0 Å². The maximum absolute atomic E-state index is 2.74. The van der Waals surface area contributed by atoms with Crippen molar-refractivity contribution in [3.8, 4) is 11.1 Å². The molecule has 0 unspecified atom stereocenters. The molecular formula is C41H44Cl2Zr. The molecule has 0 fully saturated rings. The van der Waals surface area contributed by atoms with E-state index in [-0.39, 0.29) is 35.6 Å². The molecule has 2 aliphatic carbocycles. The molecule has 0 spiro atoms. The van der Waals surface area contributed by atoms with Crippen molar-refractivity contribution in [2.75, 3.05) is 0 Å². The van der Waals surface area contributed by atoms with Gasteiger partial charge >= 0.3 is 263 Å². The van der Waals surface area contributed by atoms with Gasteiger partial charge < -0.3 is 24.8 Å². The van der Waals surface area contributed by atoms with Crippen molar-refractivity contribution in [3.63, 3.8) is 0 Å². The fourth-order valence-electron chi connectivity index (χ4n) is 6.83. The van der Waals surface area contributed by atoms with Gasteiger partial charge in [-0.05, 0) is 0 Å². The standard InChI is InChI=1S/C21H25.C13H10.C7H9.2ClH.Zr/c1-20(2,3)16-7-9-18-14(12-16)11-15-13-17(21(4,5)6)8-10-19(15)18;1-3-7-12(8-4-1)11-13-9-5-2-6-10-13;1-2-7-5-3-4-6-7;;;/h7-13H,1-6H3;1-10H;3,5H,2,4H2,1H3;2*1H;/q;;;;;+2/p-2. The number of hydrogen-bond acceptors (Lipinski definition) is 0. The third-order valence-corrected chi connectivity index (χ3v) is 17.7. The maximum atomic E-state index is 2.60. The molecular weight excluding hydrogens is 655 g/mol. The zero-order valence-corrected chi connectivity index (χ0v) is 31.1. The number of allylic oxidation sites excluding steroid dienone is 4. The van der Waals surface area contributed by atoms with Crippen molar-refractivity contribution in [2.45, 2.75) is 75.8 Å². The fourth-order valence-corrected chi connectivity index (χ4v) is 16.5. The molecule has 4 aromatic rings. The van der Waals surface area contributed by atoms with E-state index in [0.717, 1.165) is 12.8 Å². The predicted molar refractivity (Wildman–Crippen MR) is 178 cm³/mol. The predicted octanol–water partition coefficient (Wildman–Crippen LogP) is 4.87. The van der Waals surface area contributed by atoms with Crippen LogP contribution in [0.4, 0.5) is 0 Å². The zero-order chi connectivity index (χ0) is 29.6. The summed E-state index contributed by atoms with van der Waals surface area (Å²) in [5.74, 6) is 0. The van der Waals surface area contributed by atoms with Gasteiger partial charge in [0.1, 0.15) is 0 Å². The zero-order valence-electron chi connectivity index (χ0n) is 27.1. The third-order valence-electron chi connectivity index (χ3n) is 9.16. The van der Waals surface area contributed by atoms with E-state index in [1.165, 1.54) is 33.4 Å². The largest absolute Gasteiger partial charge is 1.00 e. The molecule has 0 N–H and O–H groups in total. The topological polar surface area (TPSA) is 0 Å². The van der Waals surface area contributed by atoms with Gasteiger partial charge in [-0.3, -0.25) is 0 Å². The van der Waals surface area contributed by atoms with E-state index in [2.05, 4.69) is 158 Å². The van der Waals surface area contributed by atoms with Crippen LogP contribution < -0.4 is 24.8 Å². The van der Waals surface area contributed by atoms with Gasteiger partial charge in [0.25, 0.3) is 0 Å². The molecule has 0 aliphatic heterocycles. The van der Waals surface area contributed by atoms with Crippen LogP contribution in [0.25, 0.3) is 11.1 Å². The van der Waals surface area contributed by atoms with Crippen LogP contribution in [-0.4, -0.2) is 3.21 Å². The number of benzene rings is 4. The molecule has 0 aromatic heterocycles. The quantitative estimate of drug-likeness (QED) is 0.279. The summed E-state index contributed by atoms with van der Waals surface area (Å²) in [4.78, 5) is 0. The Hall–Kier alpha value is -2.31. The molecule has 0 saturated heterocycles. The Morgan fingerprint density at radius 1 is 0.659 bits per heavy atom. The van der Waals surface area contributed by atoms with Crippen LogP contribution in [0.5, 0.6) is 0 Å². The minimum absolute atomic E-state index is 0. The summed E-state index contributed by atoms with van der Waals surface area (Å²) in [5, 5.41) is 0. The molecule has 4 aromatic carbocycles. The molecule has 0 saturated carbocycles. The van der Waals surface area contributed by atoms with Gasteiger partial charge in [0.2, 0.25) is 0 Å². The first-order valence-electron chi connectivity index (χ1n) is 15.6. The van der Waals surface area contributed by atoms with E-state index in [1.54, 1.807) is 23.2 Å². The van der Waals surface area contributed by atoms with Crippen LogP contribution in [-0.2, 0) is 32.1 Å². The van der Waals surface area contributed by atoms with Crippen molar-refractivity contribution in [1.29, 1.82) is 0 Å². The Labute approximate surface area is 285 Å². The number of halogens is 2. The Balaban J connectivity index is 0.00000221. The Bertz CT molecular complexity index is 1620. The van der Waals surface area contributed by atoms with Crippen molar-refractivity contribution < 1.29 is 46.1 Å². The van der Waals surface area contributed by atoms with Crippen LogP contribution in [0.3, 0.4) is 0 Å². The van der Waals surface area contributed by atoms with Crippen LogP contribution in [0.1, 0.15) is 98.3 Å². The van der Waals surface area contributed by atoms with Crippen LogP contribution in [0, 0.1) is 0 Å². The van der Waals surface area contributed by atoms with Gasteiger partial charge in [0.15, 0.2) is 0 Å². The van der Waals surface area contributed by atoms with Gasteiger partial charge in [-0.1, -0.05) is 0 Å². The maximum Gasteiger partial charge on any atom is -1.00 e. The van der Waals surface area contributed by atoms with E-state index in [9.17, 15) is 0 Å². The minimum Gasteiger partial charge on any atom is -1.00 e. The second-order valence-electron chi connectivity index (χ2n) is 14.0. The van der Waals surface area contributed by atoms with Crippen molar-refractivity contribution >= 4 is 3.21 Å². The van der Waals surface area contributed by atoms with Gasteiger partial charge in [-0.25, -0.2) is 0 Å². The monoisotopic (exact) mass is 696 g/mol. The third kappa shape index (κ3) is 6.49. The van der Waals surface area contributed by atoms with Gasteiger partial charge in [-0.2, -0.15) is 0 Å². The average molecular weight is 699 g/mol. The van der Waals surface area contributed by atoms with E-state index in [1.807, 2.05) is 0 Å². The number of rotatable bonds is 5. The summed E-state index contributed by atoms with van der Waals surface area (Å²) in [6.45, 7) is 16.5. The normalized spacial score (nSPS) is 13.9. The molecule has 0 bridgehead atoms. The summed E-state index contributed by atoms with van der Waals surface area (Å²) in [6, 6.07) is 37.6. The molecule has 3 heteroatoms. The second-order valence-corrected chi connectivity index (χ2v) is 20.2. The Kier molecular flexibility index (Phi) is 10.7. The van der Waals surface area contributed by atoms with Gasteiger partial charge in [-0.15, -0.1) is 0 Å². The number of fused-ring (bicyclic) bond motifs is 3. The molecule has 226 valence electrons. The van der Waals surface area contributed by atoms with Gasteiger partial charge in [0, 0.05) is 0 Å². The number of hydrogen-bond donors (Lipinski definition) is 0. The molecule has 0 heterocycles. The van der Waals surface area contributed by atoms with Crippen molar-refractivity contribution in [2.24, 2.45) is 0 Å². The SMILES string of the molecule is CCC1=[C]([Zr+2](=[C](c2ccccc2)c2ccccc2)[CH]2c3cc(C(C)(C)C)ccc3-c3ccc(C(C)(C)C)cc32)CC=C1.[Cl-].[Cl-]. The summed E-state index contributed by atoms with van der Waals surface area (Å²) in [7, 11) is 0. The second kappa shape index (κ2) is 13.6. The molecule has 0 radical (unpaired) electrons. The summed E-state index contributed by atoms with van der Waals surface area (Å²) < 4.78 is 3.83. The Morgan fingerprint density at radius 3 is 1.52 bits per heavy atom. The van der Waals surface area contributed by atoms with E-state index in [4.69, 9.17) is 0 Å². The first-order chi connectivity index (χ1) is 20.1. The average Bonchev–Trinajstić information content (AvgIpc) is 3.58. The summed E-state index contributed by atoms with van der Waals surface area (Å²) >= 11 is -2.74. The van der Waals surface area contributed by atoms with Crippen LogP contribution >= 0.6 is 0 Å². The molecule has 2 aliphatic rings. The van der Waals surface area contributed by atoms with E-state index >= 15 is 0 Å². The smallest absolute Gasteiger partial charge is 1.00 e. The summed E-state index contributed by atoms with van der Waals surface area (Å²) in [5.41, 5.74) is 13.5. The van der Waals surface area contributed by atoms with E-state index in [0.29, 0.717) is 3.63 Å². The first-order valence-corrected chi connectivity index (χ1v) is 19.5. The van der Waals surface area contributed by atoms with Gasteiger partial charge in [0.05, 0.1) is 0 Å². The Morgan fingerprint density at radius 2 is 1.11 bits per heavy atom. The molecule has 44 heavy (non-hydrogen) atoms. The fraction of sp³-hybridized carbons (Fsp3) is 0.293. The molecule has 0 atom stereocenters. The first kappa shape index (κ1) is 34.6. The van der Waals surface area contributed by atoms with Crippen molar-refractivity contribution in [3.05, 3.63) is 151 Å². The summed E-state index contributed by atoms with van der Waals surface area (Å²) in [6.07, 6.45) is 7.08. The molecule has 0 amide bonds. The van der Waals surface area contributed by atoms with Crippen LogP contribution in [0.2, 0.25) is 0 Å². The molecule has 6 rings (SSSR count). The van der Waals surface area contributed by atoms with E-state index < -0.39 is 21.3 Å². The minimum atomic E-state index is -2.74.